The second-order valence-electron chi connectivity index (χ2n) is 5.66. The monoisotopic (exact) mass is 283 g/mol. The van der Waals surface area contributed by atoms with E-state index in [0.29, 0.717) is 12.2 Å². The molecule has 20 heavy (non-hydrogen) atoms. The van der Waals surface area contributed by atoms with Crippen molar-refractivity contribution in [3.8, 4) is 0 Å². The summed E-state index contributed by atoms with van der Waals surface area (Å²) in [6, 6.07) is 2.52. The standard InChI is InChI=1S/C16H23F2NO/c1-4-7-19-16(12-8-11(3)20-9-12)14-13(17)6-5-10(2)15(14)18/h5-6,11-12,16,19H,4,7-9H2,1-3H3. The largest absolute Gasteiger partial charge is 0.378 e. The van der Waals surface area contributed by atoms with Gasteiger partial charge >= 0.3 is 0 Å². The Balaban J connectivity index is 2.33. The summed E-state index contributed by atoms with van der Waals surface area (Å²) in [5.41, 5.74) is 0.651. The van der Waals surface area contributed by atoms with E-state index in [0.717, 1.165) is 19.4 Å². The molecule has 3 atom stereocenters. The highest BCUT2D eigenvalue weighted by atomic mass is 19.1. The lowest BCUT2D eigenvalue weighted by Gasteiger charge is -2.25. The number of ether oxygens (including phenoxy) is 1. The summed E-state index contributed by atoms with van der Waals surface area (Å²) in [7, 11) is 0. The van der Waals surface area contributed by atoms with Crippen LogP contribution in [0.25, 0.3) is 0 Å². The van der Waals surface area contributed by atoms with E-state index in [1.807, 2.05) is 13.8 Å². The molecular weight excluding hydrogens is 260 g/mol. The third-order valence-corrected chi connectivity index (χ3v) is 3.95. The first kappa shape index (κ1) is 15.4. The van der Waals surface area contributed by atoms with Gasteiger partial charge in [-0.1, -0.05) is 13.0 Å². The van der Waals surface area contributed by atoms with Crippen LogP contribution in [0.4, 0.5) is 8.78 Å². The lowest BCUT2D eigenvalue weighted by molar-refractivity contribution is 0.116. The first-order chi connectivity index (χ1) is 9.54. The molecule has 1 aliphatic heterocycles. The molecule has 112 valence electrons. The van der Waals surface area contributed by atoms with E-state index in [1.165, 1.54) is 12.1 Å². The lowest BCUT2D eigenvalue weighted by atomic mass is 9.89. The van der Waals surface area contributed by atoms with E-state index in [2.05, 4.69) is 5.32 Å². The minimum Gasteiger partial charge on any atom is -0.378 e. The molecule has 2 rings (SSSR count). The van der Waals surface area contributed by atoms with Gasteiger partial charge in [-0.3, -0.25) is 0 Å². The molecule has 1 aromatic rings. The van der Waals surface area contributed by atoms with Gasteiger partial charge in [-0.2, -0.15) is 0 Å². The third-order valence-electron chi connectivity index (χ3n) is 3.95. The van der Waals surface area contributed by atoms with Gasteiger partial charge in [-0.05, 0) is 44.9 Å². The van der Waals surface area contributed by atoms with E-state index in [-0.39, 0.29) is 23.6 Å². The van der Waals surface area contributed by atoms with Crippen LogP contribution in [0, 0.1) is 24.5 Å². The van der Waals surface area contributed by atoms with Gasteiger partial charge in [0.25, 0.3) is 0 Å². The third kappa shape index (κ3) is 3.18. The maximum Gasteiger partial charge on any atom is 0.133 e. The van der Waals surface area contributed by atoms with Crippen LogP contribution in [0.15, 0.2) is 12.1 Å². The molecule has 0 spiro atoms. The van der Waals surface area contributed by atoms with Crippen molar-refractivity contribution in [2.24, 2.45) is 5.92 Å². The molecular formula is C16H23F2NO. The maximum absolute atomic E-state index is 14.4. The molecule has 1 N–H and O–H groups in total. The quantitative estimate of drug-likeness (QED) is 0.889. The van der Waals surface area contributed by atoms with E-state index in [4.69, 9.17) is 4.74 Å². The highest BCUT2D eigenvalue weighted by Gasteiger charge is 2.33. The van der Waals surface area contributed by atoms with Crippen molar-refractivity contribution in [1.29, 1.82) is 0 Å². The number of aryl methyl sites for hydroxylation is 1. The zero-order valence-corrected chi connectivity index (χ0v) is 12.4. The van der Waals surface area contributed by atoms with Gasteiger partial charge in [-0.25, -0.2) is 8.78 Å². The van der Waals surface area contributed by atoms with Crippen LogP contribution < -0.4 is 5.32 Å². The molecule has 1 aromatic carbocycles. The van der Waals surface area contributed by atoms with Crippen molar-refractivity contribution >= 4 is 0 Å². The molecule has 1 fully saturated rings. The summed E-state index contributed by atoms with van der Waals surface area (Å²) in [6.07, 6.45) is 1.91. The van der Waals surface area contributed by atoms with Crippen molar-refractivity contribution < 1.29 is 13.5 Å². The zero-order valence-electron chi connectivity index (χ0n) is 12.4. The molecule has 0 bridgehead atoms. The van der Waals surface area contributed by atoms with Crippen LogP contribution >= 0.6 is 0 Å². The maximum atomic E-state index is 14.4. The number of hydrogen-bond acceptors (Lipinski definition) is 2. The molecule has 0 radical (unpaired) electrons. The van der Waals surface area contributed by atoms with Crippen molar-refractivity contribution in [3.63, 3.8) is 0 Å². The number of rotatable bonds is 5. The van der Waals surface area contributed by atoms with Crippen LogP contribution in [0.1, 0.15) is 43.9 Å². The molecule has 1 saturated heterocycles. The highest BCUT2D eigenvalue weighted by Crippen LogP contribution is 2.35. The second-order valence-corrected chi connectivity index (χ2v) is 5.66. The van der Waals surface area contributed by atoms with Crippen molar-refractivity contribution in [2.45, 2.75) is 45.8 Å². The van der Waals surface area contributed by atoms with Gasteiger partial charge in [-0.15, -0.1) is 0 Å². The molecule has 0 aliphatic carbocycles. The summed E-state index contributed by atoms with van der Waals surface area (Å²) in [5.74, 6) is -0.790. The number of nitrogens with one attached hydrogen (secondary N) is 1. The smallest absolute Gasteiger partial charge is 0.133 e. The van der Waals surface area contributed by atoms with Gasteiger partial charge in [0.15, 0.2) is 0 Å². The van der Waals surface area contributed by atoms with Crippen molar-refractivity contribution in [3.05, 3.63) is 34.9 Å². The van der Waals surface area contributed by atoms with E-state index >= 15 is 0 Å². The Bertz CT molecular complexity index is 464. The Kier molecular flexibility index (Phi) is 5.11. The normalized spacial score (nSPS) is 24.1. The molecule has 4 heteroatoms. The SMILES string of the molecule is CCCNC(c1c(F)ccc(C)c1F)C1COC(C)C1. The average Bonchev–Trinajstić information content (AvgIpc) is 2.84. The lowest BCUT2D eigenvalue weighted by Crippen LogP contribution is -2.31. The van der Waals surface area contributed by atoms with Crippen LogP contribution in [0.5, 0.6) is 0 Å². The summed E-state index contributed by atoms with van der Waals surface area (Å²) in [6.45, 7) is 7.00. The van der Waals surface area contributed by atoms with E-state index < -0.39 is 11.6 Å². The van der Waals surface area contributed by atoms with E-state index in [9.17, 15) is 8.78 Å². The topological polar surface area (TPSA) is 21.3 Å². The summed E-state index contributed by atoms with van der Waals surface area (Å²) >= 11 is 0. The van der Waals surface area contributed by atoms with Gasteiger partial charge in [0.1, 0.15) is 11.6 Å². The number of hydrogen-bond donors (Lipinski definition) is 1. The highest BCUT2D eigenvalue weighted by molar-refractivity contribution is 5.30. The molecule has 1 heterocycles. The molecule has 0 saturated carbocycles. The predicted molar refractivity (Wildman–Crippen MR) is 75.7 cm³/mol. The Labute approximate surface area is 119 Å². The van der Waals surface area contributed by atoms with Crippen molar-refractivity contribution in [1.82, 2.24) is 5.32 Å². The van der Waals surface area contributed by atoms with Gasteiger partial charge in [0.05, 0.1) is 12.7 Å². The Hall–Kier alpha value is -1.00. The van der Waals surface area contributed by atoms with Crippen molar-refractivity contribution in [2.75, 3.05) is 13.2 Å². The molecule has 3 unspecified atom stereocenters. The van der Waals surface area contributed by atoms with Gasteiger partial charge in [0.2, 0.25) is 0 Å². The van der Waals surface area contributed by atoms with Crippen LogP contribution in [0.3, 0.4) is 0 Å². The average molecular weight is 283 g/mol. The van der Waals surface area contributed by atoms with Crippen LogP contribution in [-0.4, -0.2) is 19.3 Å². The summed E-state index contributed by atoms with van der Waals surface area (Å²) in [4.78, 5) is 0. The fourth-order valence-electron chi connectivity index (χ4n) is 2.85. The van der Waals surface area contributed by atoms with Gasteiger partial charge < -0.3 is 10.1 Å². The minimum absolute atomic E-state index is 0.113. The number of halogens is 2. The van der Waals surface area contributed by atoms with Crippen LogP contribution in [-0.2, 0) is 4.74 Å². The predicted octanol–water partition coefficient (Wildman–Crippen LogP) is 3.74. The Morgan fingerprint density at radius 1 is 1.40 bits per heavy atom. The Morgan fingerprint density at radius 2 is 2.15 bits per heavy atom. The van der Waals surface area contributed by atoms with Gasteiger partial charge in [0, 0.05) is 17.5 Å². The zero-order chi connectivity index (χ0) is 14.7. The van der Waals surface area contributed by atoms with Crippen LogP contribution in [0.2, 0.25) is 0 Å². The first-order valence-electron chi connectivity index (χ1n) is 7.34. The Morgan fingerprint density at radius 3 is 2.75 bits per heavy atom. The first-order valence-corrected chi connectivity index (χ1v) is 7.34. The molecule has 0 amide bonds. The second kappa shape index (κ2) is 6.64. The van der Waals surface area contributed by atoms with E-state index in [1.54, 1.807) is 6.92 Å². The summed E-state index contributed by atoms with van der Waals surface area (Å²) < 4.78 is 34.1. The fraction of sp³-hybridized carbons (Fsp3) is 0.625. The fourth-order valence-corrected chi connectivity index (χ4v) is 2.85. The minimum atomic E-state index is -0.471. The molecule has 1 aliphatic rings. The number of benzene rings is 1. The molecule has 2 nitrogen and oxygen atoms in total. The molecule has 0 aromatic heterocycles. The summed E-state index contributed by atoms with van der Waals surface area (Å²) in [5, 5.41) is 3.30.